The van der Waals surface area contributed by atoms with E-state index in [1.165, 1.54) is 29.7 Å². The molecule has 3 rings (SSSR count). The van der Waals surface area contributed by atoms with E-state index in [1.54, 1.807) is 31.2 Å². The van der Waals surface area contributed by atoms with Gasteiger partial charge in [0.25, 0.3) is 11.6 Å². The molecule has 0 spiro atoms. The highest BCUT2D eigenvalue weighted by Gasteiger charge is 2.14. The van der Waals surface area contributed by atoms with E-state index in [0.717, 1.165) is 4.70 Å². The van der Waals surface area contributed by atoms with Gasteiger partial charge in [0.2, 0.25) is 0 Å². The predicted molar refractivity (Wildman–Crippen MR) is 125 cm³/mol. The van der Waals surface area contributed by atoms with E-state index < -0.39 is 16.8 Å². The van der Waals surface area contributed by atoms with Crippen molar-refractivity contribution in [3.63, 3.8) is 0 Å². The summed E-state index contributed by atoms with van der Waals surface area (Å²) < 4.78 is 11.4. The Morgan fingerprint density at radius 2 is 2.09 bits per heavy atom. The maximum Gasteiger partial charge on any atom is 0.344 e. The molecule has 0 bridgehead atoms. The summed E-state index contributed by atoms with van der Waals surface area (Å²) in [6.45, 7) is 1.66. The SMILES string of the molecule is CCOC(=O)COc1c(Cl)cc(/C=N\NC(=O)c2cc3cc([N+](=O)[O-])ccc3s2)cc1Br. The van der Waals surface area contributed by atoms with Gasteiger partial charge in [-0.25, -0.2) is 10.2 Å². The van der Waals surface area contributed by atoms with Crippen LogP contribution < -0.4 is 10.2 Å². The van der Waals surface area contributed by atoms with Gasteiger partial charge in [-0.15, -0.1) is 11.3 Å². The minimum atomic E-state index is -0.514. The van der Waals surface area contributed by atoms with Gasteiger partial charge in [-0.1, -0.05) is 11.6 Å². The van der Waals surface area contributed by atoms with E-state index in [-0.39, 0.29) is 29.7 Å². The van der Waals surface area contributed by atoms with Crippen LogP contribution in [0.3, 0.4) is 0 Å². The van der Waals surface area contributed by atoms with Gasteiger partial charge in [-0.3, -0.25) is 14.9 Å². The predicted octanol–water partition coefficient (Wildman–Crippen LogP) is 4.93. The third-order valence-electron chi connectivity index (χ3n) is 3.97. The summed E-state index contributed by atoms with van der Waals surface area (Å²) >= 11 is 10.7. The van der Waals surface area contributed by atoms with Crippen LogP contribution in [-0.4, -0.2) is 36.2 Å². The third-order valence-corrected chi connectivity index (χ3v) is 5.96. The average molecular weight is 541 g/mol. The summed E-state index contributed by atoms with van der Waals surface area (Å²) in [5, 5.41) is 15.7. The fraction of sp³-hybridized carbons (Fsp3) is 0.150. The number of benzene rings is 2. The summed E-state index contributed by atoms with van der Waals surface area (Å²) in [7, 11) is 0. The number of hydrazone groups is 1. The van der Waals surface area contributed by atoms with Gasteiger partial charge in [0.15, 0.2) is 12.4 Å². The van der Waals surface area contributed by atoms with E-state index in [4.69, 9.17) is 21.1 Å². The topological polar surface area (TPSA) is 120 Å². The number of carbonyl (C=O) groups is 2. The largest absolute Gasteiger partial charge is 0.479 e. The standard InChI is InChI=1S/C20H15BrClN3O6S/c1-2-30-18(26)10-31-19-14(21)5-11(6-15(19)22)9-23-24-20(27)17-8-12-7-13(25(28)29)3-4-16(12)32-17/h3-9H,2,10H2,1H3,(H,24,27)/b23-9-. The van der Waals surface area contributed by atoms with Crippen molar-refractivity contribution in [2.24, 2.45) is 5.10 Å². The summed E-state index contributed by atoms with van der Waals surface area (Å²) in [5.41, 5.74) is 2.93. The fourth-order valence-corrected chi connectivity index (χ4v) is 4.52. The molecule has 1 aromatic heterocycles. The number of amides is 1. The number of hydrogen-bond acceptors (Lipinski definition) is 8. The lowest BCUT2D eigenvalue weighted by Crippen LogP contribution is -2.16. The number of nitrogens with zero attached hydrogens (tertiary/aromatic N) is 2. The van der Waals surface area contributed by atoms with Crippen molar-refractivity contribution in [2.45, 2.75) is 6.92 Å². The first-order valence-electron chi connectivity index (χ1n) is 9.07. The lowest BCUT2D eigenvalue weighted by molar-refractivity contribution is -0.384. The van der Waals surface area contributed by atoms with Crippen LogP contribution in [-0.2, 0) is 9.53 Å². The van der Waals surface area contributed by atoms with Crippen molar-refractivity contribution in [3.05, 3.63) is 66.4 Å². The lowest BCUT2D eigenvalue weighted by atomic mass is 10.2. The first-order chi connectivity index (χ1) is 15.3. The van der Waals surface area contributed by atoms with Crippen LogP contribution in [0.1, 0.15) is 22.2 Å². The first kappa shape index (κ1) is 23.6. The molecule has 0 saturated carbocycles. The van der Waals surface area contributed by atoms with Crippen LogP contribution in [0.4, 0.5) is 5.69 Å². The number of nitrogens with one attached hydrogen (secondary N) is 1. The van der Waals surface area contributed by atoms with Crippen LogP contribution in [0, 0.1) is 10.1 Å². The number of ether oxygens (including phenoxy) is 2. The number of fused-ring (bicyclic) bond motifs is 1. The van der Waals surface area contributed by atoms with E-state index in [1.807, 2.05) is 0 Å². The first-order valence-corrected chi connectivity index (χ1v) is 11.1. The molecular weight excluding hydrogens is 526 g/mol. The summed E-state index contributed by atoms with van der Waals surface area (Å²) in [4.78, 5) is 34.6. The zero-order chi connectivity index (χ0) is 23.3. The van der Waals surface area contributed by atoms with Crippen molar-refractivity contribution >= 4 is 72.7 Å². The van der Waals surface area contributed by atoms with Gasteiger partial charge in [0.05, 0.1) is 32.1 Å². The molecule has 0 fully saturated rings. The molecule has 12 heteroatoms. The van der Waals surface area contributed by atoms with E-state index in [9.17, 15) is 19.7 Å². The molecule has 0 unspecified atom stereocenters. The van der Waals surface area contributed by atoms with Gasteiger partial charge >= 0.3 is 5.97 Å². The van der Waals surface area contributed by atoms with Crippen LogP contribution in [0.15, 0.2) is 46.0 Å². The number of non-ortho nitro benzene ring substituents is 1. The van der Waals surface area contributed by atoms with Crippen molar-refractivity contribution in [1.29, 1.82) is 0 Å². The molecule has 1 N–H and O–H groups in total. The Balaban J connectivity index is 1.66. The Kier molecular flexibility index (Phi) is 7.78. The Hall–Kier alpha value is -3.02. The molecule has 0 atom stereocenters. The maximum atomic E-state index is 12.4. The van der Waals surface area contributed by atoms with Crippen LogP contribution in [0.25, 0.3) is 10.1 Å². The summed E-state index contributed by atoms with van der Waals surface area (Å²) in [5.74, 6) is -0.690. The number of hydrogen-bond donors (Lipinski definition) is 1. The van der Waals surface area contributed by atoms with Gasteiger partial charge in [0, 0.05) is 22.2 Å². The molecule has 0 aliphatic rings. The van der Waals surface area contributed by atoms with Gasteiger partial charge in [-0.2, -0.15) is 5.10 Å². The molecular formula is C20H15BrClN3O6S. The second-order valence-corrected chi connectivity index (χ2v) is 8.54. The van der Waals surface area contributed by atoms with Crippen molar-refractivity contribution < 1.29 is 24.0 Å². The highest BCUT2D eigenvalue weighted by atomic mass is 79.9. The highest BCUT2D eigenvalue weighted by Crippen LogP contribution is 2.34. The van der Waals surface area contributed by atoms with Gasteiger partial charge in [0.1, 0.15) is 0 Å². The van der Waals surface area contributed by atoms with Crippen LogP contribution in [0.5, 0.6) is 5.75 Å². The molecule has 1 heterocycles. The van der Waals surface area contributed by atoms with Gasteiger partial charge < -0.3 is 9.47 Å². The molecule has 32 heavy (non-hydrogen) atoms. The number of carbonyl (C=O) groups excluding carboxylic acids is 2. The fourth-order valence-electron chi connectivity index (χ4n) is 2.60. The minimum absolute atomic E-state index is 0.0441. The van der Waals surface area contributed by atoms with Crippen molar-refractivity contribution in [2.75, 3.05) is 13.2 Å². The molecule has 9 nitrogen and oxygen atoms in total. The molecule has 166 valence electrons. The molecule has 0 radical (unpaired) electrons. The second-order valence-electron chi connectivity index (χ2n) is 6.20. The average Bonchev–Trinajstić information content (AvgIpc) is 3.16. The van der Waals surface area contributed by atoms with E-state index >= 15 is 0 Å². The zero-order valence-electron chi connectivity index (χ0n) is 16.5. The van der Waals surface area contributed by atoms with Crippen LogP contribution >= 0.6 is 38.9 Å². The Morgan fingerprint density at radius 3 is 2.78 bits per heavy atom. The maximum absolute atomic E-state index is 12.4. The molecule has 2 aromatic carbocycles. The molecule has 0 aliphatic heterocycles. The Morgan fingerprint density at radius 1 is 1.31 bits per heavy atom. The van der Waals surface area contributed by atoms with Gasteiger partial charge in [-0.05, 0) is 52.7 Å². The molecule has 0 saturated heterocycles. The molecule has 3 aromatic rings. The summed E-state index contributed by atoms with van der Waals surface area (Å²) in [6.07, 6.45) is 1.39. The number of halogens is 2. The number of esters is 1. The minimum Gasteiger partial charge on any atom is -0.479 e. The Bertz CT molecular complexity index is 1210. The number of nitro benzene ring substituents is 1. The van der Waals surface area contributed by atoms with Crippen molar-refractivity contribution in [1.82, 2.24) is 5.43 Å². The zero-order valence-corrected chi connectivity index (χ0v) is 19.6. The lowest BCUT2D eigenvalue weighted by Gasteiger charge is -2.10. The van der Waals surface area contributed by atoms with E-state index in [2.05, 4.69) is 26.5 Å². The quantitative estimate of drug-likeness (QED) is 0.187. The highest BCUT2D eigenvalue weighted by molar-refractivity contribution is 9.10. The number of rotatable bonds is 8. The Labute approximate surface area is 199 Å². The van der Waals surface area contributed by atoms with Crippen molar-refractivity contribution in [3.8, 4) is 5.75 Å². The second kappa shape index (κ2) is 10.5. The third kappa shape index (κ3) is 5.81. The number of thiophene rings is 1. The smallest absolute Gasteiger partial charge is 0.344 e. The normalized spacial score (nSPS) is 11.0. The molecule has 0 aliphatic carbocycles. The van der Waals surface area contributed by atoms with Crippen LogP contribution in [0.2, 0.25) is 5.02 Å². The van der Waals surface area contributed by atoms with E-state index in [0.29, 0.717) is 20.3 Å². The summed E-state index contributed by atoms with van der Waals surface area (Å²) in [6, 6.07) is 9.18. The monoisotopic (exact) mass is 539 g/mol. The molecule has 1 amide bonds. The number of nitro groups is 1.